The fourth-order valence-corrected chi connectivity index (χ4v) is 4.12. The fourth-order valence-electron chi connectivity index (χ4n) is 4.12. The number of aliphatic hydroxyl groups excluding tert-OH is 1. The topological polar surface area (TPSA) is 96.1 Å². The molecule has 0 amide bonds. The van der Waals surface area contributed by atoms with E-state index in [9.17, 15) is 5.11 Å². The summed E-state index contributed by atoms with van der Waals surface area (Å²) < 4.78 is 1.77. The van der Waals surface area contributed by atoms with Gasteiger partial charge in [0.15, 0.2) is 11.5 Å². The Balaban J connectivity index is 1.48. The van der Waals surface area contributed by atoms with Crippen molar-refractivity contribution in [2.24, 2.45) is 0 Å². The standard InChI is InChI=1S/C21H24N8O/c1-3-27(2)21-17(30)8-10-28(21)18-12-23-19-20(24-18)29(26-25-19)13-14-6-7-16-15(11-14)5-4-9-22-16/h4-7,9,11-12,17,21,30H,3,8,10,13H2,1-2H3/t17-,21?/m1/s1. The van der Waals surface area contributed by atoms with Crippen molar-refractivity contribution in [1.29, 1.82) is 0 Å². The van der Waals surface area contributed by atoms with Crippen LogP contribution in [0.3, 0.4) is 0 Å². The van der Waals surface area contributed by atoms with Gasteiger partial charge in [-0.15, -0.1) is 5.10 Å². The third kappa shape index (κ3) is 3.25. The van der Waals surface area contributed by atoms with E-state index in [0.29, 0.717) is 24.3 Å². The molecule has 1 aliphatic rings. The number of hydrogen-bond acceptors (Lipinski definition) is 8. The first-order valence-corrected chi connectivity index (χ1v) is 10.2. The zero-order chi connectivity index (χ0) is 20.7. The van der Waals surface area contributed by atoms with Crippen LogP contribution >= 0.6 is 0 Å². The highest BCUT2D eigenvalue weighted by molar-refractivity contribution is 5.79. The Labute approximate surface area is 174 Å². The van der Waals surface area contributed by atoms with E-state index in [4.69, 9.17) is 4.98 Å². The van der Waals surface area contributed by atoms with E-state index < -0.39 is 6.10 Å². The van der Waals surface area contributed by atoms with Crippen LogP contribution in [-0.2, 0) is 6.54 Å². The lowest BCUT2D eigenvalue weighted by molar-refractivity contribution is 0.0900. The van der Waals surface area contributed by atoms with Crippen molar-refractivity contribution >= 4 is 28.0 Å². The first kappa shape index (κ1) is 18.8. The average molecular weight is 404 g/mol. The Bertz CT molecular complexity index is 1190. The molecule has 30 heavy (non-hydrogen) atoms. The molecule has 5 rings (SSSR count). The molecule has 1 N–H and O–H groups in total. The van der Waals surface area contributed by atoms with E-state index in [2.05, 4.69) is 43.1 Å². The summed E-state index contributed by atoms with van der Waals surface area (Å²) in [6.07, 6.45) is 3.69. The number of aromatic nitrogens is 6. The Morgan fingerprint density at radius 2 is 2.13 bits per heavy atom. The molecule has 0 spiro atoms. The number of likely N-dealkylation sites (N-methyl/N-ethyl adjacent to an activating group) is 1. The third-order valence-electron chi connectivity index (χ3n) is 5.79. The van der Waals surface area contributed by atoms with E-state index in [1.807, 2.05) is 31.3 Å². The molecule has 3 aromatic heterocycles. The third-order valence-corrected chi connectivity index (χ3v) is 5.79. The van der Waals surface area contributed by atoms with Gasteiger partial charge in [0.1, 0.15) is 6.17 Å². The minimum atomic E-state index is -0.415. The van der Waals surface area contributed by atoms with Crippen LogP contribution in [0.5, 0.6) is 0 Å². The SMILES string of the molecule is CCN(C)C1[C@H](O)CCN1c1cnc2nnn(Cc3ccc4ncccc4c3)c2n1. The molecule has 0 bridgehead atoms. The van der Waals surface area contributed by atoms with E-state index in [0.717, 1.165) is 35.4 Å². The van der Waals surface area contributed by atoms with Crippen LogP contribution in [-0.4, -0.2) is 72.4 Å². The molecular weight excluding hydrogens is 380 g/mol. The van der Waals surface area contributed by atoms with Crippen molar-refractivity contribution in [3.8, 4) is 0 Å². The number of rotatable bonds is 5. The van der Waals surface area contributed by atoms with Gasteiger partial charge in [0, 0.05) is 18.1 Å². The highest BCUT2D eigenvalue weighted by Gasteiger charge is 2.36. The zero-order valence-corrected chi connectivity index (χ0v) is 17.0. The van der Waals surface area contributed by atoms with Gasteiger partial charge in [-0.25, -0.2) is 14.6 Å². The van der Waals surface area contributed by atoms with E-state index in [1.165, 1.54) is 0 Å². The summed E-state index contributed by atoms with van der Waals surface area (Å²) in [4.78, 5) is 17.9. The molecule has 0 radical (unpaired) electrons. The molecule has 9 nitrogen and oxygen atoms in total. The van der Waals surface area contributed by atoms with Crippen LogP contribution in [0.1, 0.15) is 18.9 Å². The van der Waals surface area contributed by atoms with Crippen LogP contribution in [0.15, 0.2) is 42.7 Å². The lowest BCUT2D eigenvalue weighted by Crippen LogP contribution is -2.48. The highest BCUT2D eigenvalue weighted by atomic mass is 16.3. The maximum absolute atomic E-state index is 10.5. The van der Waals surface area contributed by atoms with Gasteiger partial charge in [-0.2, -0.15) is 0 Å². The summed E-state index contributed by atoms with van der Waals surface area (Å²) in [5, 5.41) is 20.0. The average Bonchev–Trinajstić information content (AvgIpc) is 3.36. The number of aliphatic hydroxyl groups is 1. The van der Waals surface area contributed by atoms with Crippen molar-refractivity contribution in [2.45, 2.75) is 32.2 Å². The number of fused-ring (bicyclic) bond motifs is 2. The Morgan fingerprint density at radius 1 is 1.23 bits per heavy atom. The summed E-state index contributed by atoms with van der Waals surface area (Å²) in [6.45, 7) is 4.19. The van der Waals surface area contributed by atoms with Crippen molar-refractivity contribution in [3.05, 3.63) is 48.3 Å². The van der Waals surface area contributed by atoms with Crippen molar-refractivity contribution in [2.75, 3.05) is 25.0 Å². The lowest BCUT2D eigenvalue weighted by atomic mass is 10.1. The molecule has 154 valence electrons. The summed E-state index contributed by atoms with van der Waals surface area (Å²) in [7, 11) is 2.01. The molecule has 2 atom stereocenters. The molecule has 4 aromatic rings. The van der Waals surface area contributed by atoms with Crippen LogP contribution in [0, 0.1) is 0 Å². The van der Waals surface area contributed by atoms with Crippen molar-refractivity contribution in [3.63, 3.8) is 0 Å². The molecule has 0 saturated carbocycles. The van der Waals surface area contributed by atoms with Gasteiger partial charge < -0.3 is 10.0 Å². The van der Waals surface area contributed by atoms with Gasteiger partial charge in [-0.1, -0.05) is 24.3 Å². The maximum atomic E-state index is 10.5. The first-order chi connectivity index (χ1) is 14.6. The molecule has 1 saturated heterocycles. The monoisotopic (exact) mass is 404 g/mol. The Hall–Kier alpha value is -3.17. The van der Waals surface area contributed by atoms with Gasteiger partial charge in [0.25, 0.3) is 0 Å². The second kappa shape index (κ2) is 7.58. The molecule has 0 aliphatic carbocycles. The molecule has 1 aliphatic heterocycles. The summed E-state index contributed by atoms with van der Waals surface area (Å²) in [6, 6.07) is 10.1. The first-order valence-electron chi connectivity index (χ1n) is 10.2. The summed E-state index contributed by atoms with van der Waals surface area (Å²) in [5.74, 6) is 0.732. The second-order valence-corrected chi connectivity index (χ2v) is 7.69. The van der Waals surface area contributed by atoms with Crippen LogP contribution in [0.25, 0.3) is 22.2 Å². The highest BCUT2D eigenvalue weighted by Crippen LogP contribution is 2.26. The number of nitrogens with zero attached hydrogens (tertiary/aromatic N) is 8. The van der Waals surface area contributed by atoms with Crippen LogP contribution in [0.4, 0.5) is 5.82 Å². The lowest BCUT2D eigenvalue weighted by Gasteiger charge is -2.33. The Kier molecular flexibility index (Phi) is 4.76. The molecule has 1 fully saturated rings. The van der Waals surface area contributed by atoms with Crippen LogP contribution < -0.4 is 4.90 Å². The summed E-state index contributed by atoms with van der Waals surface area (Å²) >= 11 is 0. The number of pyridine rings is 1. The molecule has 1 aromatic carbocycles. The van der Waals surface area contributed by atoms with E-state index in [1.54, 1.807) is 17.1 Å². The predicted molar refractivity (Wildman–Crippen MR) is 114 cm³/mol. The maximum Gasteiger partial charge on any atom is 0.221 e. The summed E-state index contributed by atoms with van der Waals surface area (Å²) in [5.41, 5.74) is 3.21. The fraction of sp³-hybridized carbons (Fsp3) is 0.381. The second-order valence-electron chi connectivity index (χ2n) is 7.69. The quantitative estimate of drug-likeness (QED) is 0.537. The van der Waals surface area contributed by atoms with Crippen molar-refractivity contribution in [1.82, 2.24) is 34.8 Å². The normalized spacial score (nSPS) is 19.4. The van der Waals surface area contributed by atoms with Gasteiger partial charge in [-0.3, -0.25) is 9.88 Å². The van der Waals surface area contributed by atoms with E-state index >= 15 is 0 Å². The number of benzene rings is 1. The molecule has 1 unspecified atom stereocenters. The number of hydrogen-bond donors (Lipinski definition) is 1. The number of anilines is 1. The van der Waals surface area contributed by atoms with E-state index in [-0.39, 0.29) is 6.17 Å². The molecular formula is C21H24N8O. The van der Waals surface area contributed by atoms with Gasteiger partial charge in [0.05, 0.1) is 24.4 Å². The van der Waals surface area contributed by atoms with Gasteiger partial charge in [0.2, 0.25) is 5.65 Å². The minimum absolute atomic E-state index is 0.112. The minimum Gasteiger partial charge on any atom is -0.389 e. The van der Waals surface area contributed by atoms with Gasteiger partial charge in [-0.05, 0) is 43.8 Å². The largest absolute Gasteiger partial charge is 0.389 e. The molecule has 9 heteroatoms. The van der Waals surface area contributed by atoms with Crippen LogP contribution in [0.2, 0.25) is 0 Å². The Morgan fingerprint density at radius 3 is 3.00 bits per heavy atom. The van der Waals surface area contributed by atoms with Crippen molar-refractivity contribution < 1.29 is 5.11 Å². The molecule has 4 heterocycles. The predicted octanol–water partition coefficient (Wildman–Crippen LogP) is 1.67. The zero-order valence-electron chi connectivity index (χ0n) is 17.0. The smallest absolute Gasteiger partial charge is 0.221 e. The van der Waals surface area contributed by atoms with Gasteiger partial charge >= 0.3 is 0 Å².